The third kappa shape index (κ3) is 3.87. The Morgan fingerprint density at radius 2 is 2.15 bits per heavy atom. The summed E-state index contributed by atoms with van der Waals surface area (Å²) in [7, 11) is 0. The van der Waals surface area contributed by atoms with Crippen molar-refractivity contribution >= 4 is 28.8 Å². The lowest BCUT2D eigenvalue weighted by molar-refractivity contribution is -0.385. The maximum atomic E-state index is 12.1. The number of carbonyl (C=O) groups is 1. The molecule has 9 heteroatoms. The molecular weight excluding hydrogens is 354 g/mol. The average molecular weight is 369 g/mol. The van der Waals surface area contributed by atoms with Crippen LogP contribution in [0.25, 0.3) is 11.0 Å². The number of non-ortho nitro benzene ring substituents is 1. The fraction of sp³-hybridized carbons (Fsp3) is 0.111. The third-order valence-corrected chi connectivity index (χ3v) is 3.62. The van der Waals surface area contributed by atoms with E-state index in [1.807, 2.05) is 6.07 Å². The highest BCUT2D eigenvalue weighted by Crippen LogP contribution is 2.33. The molecule has 0 unspecified atom stereocenters. The minimum Gasteiger partial charge on any atom is -0.504 e. The number of phenolic OH excluding ortho intramolecular Hbond substituents is 1. The molecule has 0 fully saturated rings. The second kappa shape index (κ2) is 7.56. The first-order valence-electron chi connectivity index (χ1n) is 7.95. The number of aromatic hydroxyl groups is 1. The number of hydrogen-bond acceptors (Lipinski definition) is 7. The number of para-hydroxylation sites is 1. The SMILES string of the molecule is CCOc1cc([N+](=O)[O-])cc(/C=N/NC(=O)c2cc3ccccc3o2)c1O. The van der Waals surface area contributed by atoms with Gasteiger partial charge in [-0.2, -0.15) is 5.10 Å². The Hall–Kier alpha value is -3.88. The van der Waals surface area contributed by atoms with Crippen LogP contribution in [0.5, 0.6) is 11.5 Å². The molecule has 2 N–H and O–H groups in total. The number of nitrogens with one attached hydrogen (secondary N) is 1. The number of nitrogens with zero attached hydrogens (tertiary/aromatic N) is 2. The second-order valence-electron chi connectivity index (χ2n) is 5.42. The van der Waals surface area contributed by atoms with Crippen LogP contribution in [0.2, 0.25) is 0 Å². The summed E-state index contributed by atoms with van der Waals surface area (Å²) < 4.78 is 10.6. The molecule has 0 atom stereocenters. The second-order valence-corrected chi connectivity index (χ2v) is 5.42. The maximum Gasteiger partial charge on any atom is 0.307 e. The van der Waals surface area contributed by atoms with Gasteiger partial charge in [-0.05, 0) is 19.1 Å². The maximum absolute atomic E-state index is 12.1. The molecule has 1 amide bonds. The van der Waals surface area contributed by atoms with Crippen LogP contribution < -0.4 is 10.2 Å². The summed E-state index contributed by atoms with van der Waals surface area (Å²) in [5.41, 5.74) is 2.56. The van der Waals surface area contributed by atoms with Crippen LogP contribution in [0, 0.1) is 10.1 Å². The van der Waals surface area contributed by atoms with Gasteiger partial charge in [0, 0.05) is 17.0 Å². The minimum atomic E-state index is -0.619. The van der Waals surface area contributed by atoms with Crippen molar-refractivity contribution in [2.24, 2.45) is 5.10 Å². The highest BCUT2D eigenvalue weighted by molar-refractivity contribution is 5.96. The first kappa shape index (κ1) is 17.9. The fourth-order valence-corrected chi connectivity index (χ4v) is 2.39. The van der Waals surface area contributed by atoms with Crippen LogP contribution in [0.15, 0.2) is 52.0 Å². The molecule has 0 bridgehead atoms. The quantitative estimate of drug-likeness (QED) is 0.390. The van der Waals surface area contributed by atoms with E-state index in [9.17, 15) is 20.0 Å². The molecule has 0 saturated carbocycles. The van der Waals surface area contributed by atoms with E-state index >= 15 is 0 Å². The lowest BCUT2D eigenvalue weighted by Gasteiger charge is -2.07. The zero-order chi connectivity index (χ0) is 19.4. The fourth-order valence-electron chi connectivity index (χ4n) is 2.39. The number of amides is 1. The Bertz CT molecular complexity index is 1010. The van der Waals surface area contributed by atoms with E-state index in [0.29, 0.717) is 5.58 Å². The van der Waals surface area contributed by atoms with Crippen molar-refractivity contribution < 1.29 is 24.0 Å². The zero-order valence-corrected chi connectivity index (χ0v) is 14.2. The molecule has 0 aliphatic rings. The number of ether oxygens (including phenoxy) is 1. The molecular formula is C18H15N3O6. The predicted molar refractivity (Wildman–Crippen MR) is 97.2 cm³/mol. The molecule has 3 aromatic rings. The van der Waals surface area contributed by atoms with Crippen LogP contribution in [0.3, 0.4) is 0 Å². The van der Waals surface area contributed by atoms with E-state index in [-0.39, 0.29) is 35.1 Å². The number of hydrogen-bond donors (Lipinski definition) is 2. The summed E-state index contributed by atoms with van der Waals surface area (Å²) in [6, 6.07) is 10.9. The molecule has 1 heterocycles. The standard InChI is InChI=1S/C18H15N3O6/c1-2-26-15-9-13(21(24)25)7-12(17(15)22)10-19-20-18(23)16-8-11-5-3-4-6-14(11)27-16/h3-10,22H,2H2,1H3,(H,20,23)/b19-10+. The number of benzene rings is 2. The van der Waals surface area contributed by atoms with Gasteiger partial charge in [0.15, 0.2) is 17.3 Å². The summed E-state index contributed by atoms with van der Waals surface area (Å²) in [5.74, 6) is -0.898. The van der Waals surface area contributed by atoms with Crippen LogP contribution in [-0.2, 0) is 0 Å². The zero-order valence-electron chi connectivity index (χ0n) is 14.2. The summed E-state index contributed by atoms with van der Waals surface area (Å²) in [6.07, 6.45) is 1.09. The van der Waals surface area contributed by atoms with Crippen LogP contribution in [-0.4, -0.2) is 28.8 Å². The van der Waals surface area contributed by atoms with Crippen molar-refractivity contribution in [2.45, 2.75) is 6.92 Å². The Balaban J connectivity index is 1.80. The number of fused-ring (bicyclic) bond motifs is 1. The first-order chi connectivity index (χ1) is 13.0. The normalized spacial score (nSPS) is 11.0. The molecule has 1 aromatic heterocycles. The summed E-state index contributed by atoms with van der Waals surface area (Å²) in [6.45, 7) is 1.90. The molecule has 138 valence electrons. The molecule has 0 radical (unpaired) electrons. The van der Waals surface area contributed by atoms with E-state index in [1.54, 1.807) is 31.2 Å². The third-order valence-electron chi connectivity index (χ3n) is 3.62. The van der Waals surface area contributed by atoms with E-state index in [4.69, 9.17) is 9.15 Å². The largest absolute Gasteiger partial charge is 0.504 e. The van der Waals surface area contributed by atoms with E-state index in [2.05, 4.69) is 10.5 Å². The van der Waals surface area contributed by atoms with Gasteiger partial charge < -0.3 is 14.3 Å². The monoisotopic (exact) mass is 369 g/mol. The highest BCUT2D eigenvalue weighted by Gasteiger charge is 2.16. The van der Waals surface area contributed by atoms with Crippen molar-refractivity contribution in [3.63, 3.8) is 0 Å². The van der Waals surface area contributed by atoms with Gasteiger partial charge in [-0.25, -0.2) is 5.43 Å². The molecule has 9 nitrogen and oxygen atoms in total. The van der Waals surface area contributed by atoms with Gasteiger partial charge in [-0.1, -0.05) is 18.2 Å². The summed E-state index contributed by atoms with van der Waals surface area (Å²) >= 11 is 0. The van der Waals surface area contributed by atoms with Gasteiger partial charge in [-0.3, -0.25) is 14.9 Å². The number of rotatable bonds is 6. The number of hydrazone groups is 1. The van der Waals surface area contributed by atoms with E-state index < -0.39 is 10.8 Å². The Kier molecular flexibility index (Phi) is 5.02. The van der Waals surface area contributed by atoms with Crippen molar-refractivity contribution in [3.8, 4) is 11.5 Å². The number of furan rings is 1. The molecule has 27 heavy (non-hydrogen) atoms. The lowest BCUT2D eigenvalue weighted by atomic mass is 10.1. The molecule has 0 spiro atoms. The van der Waals surface area contributed by atoms with Crippen LogP contribution in [0.4, 0.5) is 5.69 Å². The van der Waals surface area contributed by atoms with E-state index in [0.717, 1.165) is 23.7 Å². The summed E-state index contributed by atoms with van der Waals surface area (Å²) in [5, 5.41) is 25.6. The Labute approximate surface area is 153 Å². The van der Waals surface area contributed by atoms with Gasteiger partial charge in [0.2, 0.25) is 0 Å². The van der Waals surface area contributed by atoms with Crippen molar-refractivity contribution in [1.29, 1.82) is 0 Å². The van der Waals surface area contributed by atoms with E-state index in [1.165, 1.54) is 0 Å². The molecule has 3 rings (SSSR count). The van der Waals surface area contributed by atoms with Crippen molar-refractivity contribution in [1.82, 2.24) is 5.43 Å². The van der Waals surface area contributed by atoms with Crippen molar-refractivity contribution in [3.05, 3.63) is 63.9 Å². The number of nitro benzene ring substituents is 1. The summed E-state index contributed by atoms with van der Waals surface area (Å²) in [4.78, 5) is 22.5. The minimum absolute atomic E-state index is 0.0255. The topological polar surface area (TPSA) is 127 Å². The average Bonchev–Trinajstić information content (AvgIpc) is 3.08. The van der Waals surface area contributed by atoms with Crippen molar-refractivity contribution in [2.75, 3.05) is 6.61 Å². The number of nitro groups is 1. The molecule has 0 aliphatic carbocycles. The Morgan fingerprint density at radius 1 is 1.37 bits per heavy atom. The van der Waals surface area contributed by atoms with Crippen LogP contribution in [0.1, 0.15) is 23.0 Å². The first-order valence-corrected chi connectivity index (χ1v) is 7.95. The lowest BCUT2D eigenvalue weighted by Crippen LogP contribution is -2.16. The number of carbonyl (C=O) groups excluding carboxylic acids is 1. The van der Waals surface area contributed by atoms with Gasteiger partial charge >= 0.3 is 5.91 Å². The molecule has 0 aliphatic heterocycles. The Morgan fingerprint density at radius 3 is 2.85 bits per heavy atom. The molecule has 0 saturated heterocycles. The van der Waals surface area contributed by atoms with Crippen LogP contribution >= 0.6 is 0 Å². The number of phenols is 1. The van der Waals surface area contributed by atoms with Gasteiger partial charge in [0.05, 0.1) is 23.8 Å². The smallest absolute Gasteiger partial charge is 0.307 e. The predicted octanol–water partition coefficient (Wildman–Crippen LogP) is 3.21. The molecule has 2 aromatic carbocycles. The van der Waals surface area contributed by atoms with Gasteiger partial charge in [-0.15, -0.1) is 0 Å². The van der Waals surface area contributed by atoms with Gasteiger partial charge in [0.25, 0.3) is 5.69 Å². The highest BCUT2D eigenvalue weighted by atomic mass is 16.6. The van der Waals surface area contributed by atoms with Gasteiger partial charge in [0.1, 0.15) is 5.58 Å².